The highest BCUT2D eigenvalue weighted by Crippen LogP contribution is 2.45. The van der Waals surface area contributed by atoms with Crippen LogP contribution in [0.1, 0.15) is 69.4 Å². The number of likely N-dealkylation sites (N-methyl/N-ethyl adjacent to an activating group) is 1. The Labute approximate surface area is 199 Å². The van der Waals surface area contributed by atoms with E-state index in [1.54, 1.807) is 0 Å². The maximum absolute atomic E-state index is 12.2. The molecule has 0 saturated heterocycles. The number of aryl methyl sites for hydroxylation is 2. The molecule has 8 nitrogen and oxygen atoms in total. The van der Waals surface area contributed by atoms with Crippen LogP contribution < -0.4 is 0 Å². The van der Waals surface area contributed by atoms with Gasteiger partial charge >= 0.3 is 13.8 Å². The fraction of sp³-hybridized carbons (Fsp3) is 0.708. The van der Waals surface area contributed by atoms with E-state index in [9.17, 15) is 14.3 Å². The quantitative estimate of drug-likeness (QED) is 0.168. The first-order valence-corrected chi connectivity index (χ1v) is 13.3. The Morgan fingerprint density at radius 1 is 1.03 bits per heavy atom. The van der Waals surface area contributed by atoms with E-state index in [1.807, 2.05) is 21.1 Å². The highest BCUT2D eigenvalue weighted by Gasteiger charge is 2.31. The molecule has 33 heavy (non-hydrogen) atoms. The zero-order valence-corrected chi connectivity index (χ0v) is 21.6. The third kappa shape index (κ3) is 16.9. The van der Waals surface area contributed by atoms with E-state index in [4.69, 9.17) is 14.2 Å². The Bertz CT molecular complexity index is 721. The minimum atomic E-state index is -4.29. The van der Waals surface area contributed by atoms with Crippen LogP contribution >= 0.6 is 7.82 Å². The summed E-state index contributed by atoms with van der Waals surface area (Å²) in [4.78, 5) is 21.0. The van der Waals surface area contributed by atoms with Crippen LogP contribution in [-0.4, -0.2) is 66.3 Å². The number of benzene rings is 1. The summed E-state index contributed by atoms with van der Waals surface area (Å²) in [6, 6.07) is 8.75. The summed E-state index contributed by atoms with van der Waals surface area (Å²) in [7, 11) is 1.30. The van der Waals surface area contributed by atoms with Crippen molar-refractivity contribution in [1.82, 2.24) is 0 Å². The molecule has 0 fully saturated rings. The number of carboxylic acid groups (broad SMARTS) is 1. The van der Waals surface area contributed by atoms with Crippen LogP contribution in [0.2, 0.25) is 0 Å². The van der Waals surface area contributed by atoms with E-state index in [-0.39, 0.29) is 25.0 Å². The molecule has 2 unspecified atom stereocenters. The van der Waals surface area contributed by atoms with Crippen LogP contribution in [0.3, 0.4) is 0 Å². The van der Waals surface area contributed by atoms with Gasteiger partial charge in [-0.3, -0.25) is 13.8 Å². The van der Waals surface area contributed by atoms with Gasteiger partial charge in [-0.15, -0.1) is 0 Å². The Kier molecular flexibility index (Phi) is 15.7. The molecule has 0 aromatic heterocycles. The van der Waals surface area contributed by atoms with Gasteiger partial charge in [0.2, 0.25) is 0 Å². The molecule has 9 heteroatoms. The third-order valence-corrected chi connectivity index (χ3v) is 6.18. The van der Waals surface area contributed by atoms with Crippen molar-refractivity contribution < 1.29 is 38.4 Å². The van der Waals surface area contributed by atoms with Crippen molar-refractivity contribution in [3.05, 3.63) is 35.4 Å². The van der Waals surface area contributed by atoms with Gasteiger partial charge in [0.15, 0.2) is 0 Å². The number of nitrogens with zero attached hydrogens (tertiary/aromatic N) is 1. The number of hydrogen-bond donors (Lipinski definition) is 2. The largest absolute Gasteiger partial charge is 0.870 e. The van der Waals surface area contributed by atoms with E-state index in [0.29, 0.717) is 10.9 Å². The van der Waals surface area contributed by atoms with Crippen molar-refractivity contribution >= 4 is 13.8 Å². The Morgan fingerprint density at radius 3 is 2.12 bits per heavy atom. The number of aliphatic carboxylic acids is 1. The first-order valence-electron chi connectivity index (χ1n) is 11.8. The second-order valence-electron chi connectivity index (χ2n) is 9.54. The van der Waals surface area contributed by atoms with Gasteiger partial charge in [-0.05, 0) is 43.2 Å². The molecule has 0 aliphatic rings. The van der Waals surface area contributed by atoms with Crippen molar-refractivity contribution in [3.8, 4) is 0 Å². The summed E-state index contributed by atoms with van der Waals surface area (Å²) in [6.45, 7) is 2.62. The number of unbranched alkanes of at least 4 members (excludes halogenated alkanes) is 5. The number of carbonyl (C=O) groups is 1. The van der Waals surface area contributed by atoms with Crippen molar-refractivity contribution in [2.45, 2.75) is 77.2 Å². The molecule has 0 aliphatic carbocycles. The molecule has 0 saturated carbocycles. The molecule has 0 amide bonds. The molecule has 1 aromatic carbocycles. The molecule has 0 radical (unpaired) electrons. The number of rotatable bonds is 18. The fourth-order valence-electron chi connectivity index (χ4n) is 3.64. The molecule has 1 aromatic rings. The zero-order valence-electron chi connectivity index (χ0n) is 20.7. The lowest BCUT2D eigenvalue weighted by Gasteiger charge is -2.29. The summed E-state index contributed by atoms with van der Waals surface area (Å²) in [5.41, 5.74) is 2.72. The summed E-state index contributed by atoms with van der Waals surface area (Å²) in [5.74, 6) is -1.08. The first kappa shape index (κ1) is 31.7. The average molecular weight is 490 g/mol. The minimum absolute atomic E-state index is 0. The van der Waals surface area contributed by atoms with Crippen LogP contribution in [0.25, 0.3) is 0 Å². The predicted molar refractivity (Wildman–Crippen MR) is 130 cm³/mol. The lowest BCUT2D eigenvalue weighted by atomic mass is 10.0. The molecule has 0 heterocycles. The maximum Gasteiger partial charge on any atom is 0.472 e. The van der Waals surface area contributed by atoms with Crippen LogP contribution in [0.4, 0.5) is 0 Å². The third-order valence-electron chi connectivity index (χ3n) is 5.11. The van der Waals surface area contributed by atoms with Gasteiger partial charge in [0.1, 0.15) is 12.6 Å². The number of quaternary nitrogens is 1. The fourth-order valence-corrected chi connectivity index (χ4v) is 4.58. The van der Waals surface area contributed by atoms with E-state index < -0.39 is 19.9 Å². The van der Waals surface area contributed by atoms with Crippen LogP contribution in [-0.2, 0) is 31.2 Å². The molecule has 192 valence electrons. The molecule has 0 aliphatic heterocycles. The minimum Gasteiger partial charge on any atom is -0.870 e. The van der Waals surface area contributed by atoms with Crippen LogP contribution in [0, 0.1) is 0 Å². The number of phosphoric acid groups is 1. The molecule has 3 N–H and O–H groups in total. The average Bonchev–Trinajstić information content (AvgIpc) is 2.66. The lowest BCUT2D eigenvalue weighted by molar-refractivity contribution is -0.873. The van der Waals surface area contributed by atoms with Crippen LogP contribution in [0.5, 0.6) is 0 Å². The number of hydrogen-bond acceptors (Lipinski definition) is 5. The lowest BCUT2D eigenvalue weighted by Crippen LogP contribution is -2.42. The second-order valence-corrected chi connectivity index (χ2v) is 10.9. The Hall–Kier alpha value is -1.28. The van der Waals surface area contributed by atoms with Crippen molar-refractivity contribution in [1.29, 1.82) is 0 Å². The number of phosphoric ester groups is 1. The van der Waals surface area contributed by atoms with E-state index in [0.717, 1.165) is 25.7 Å². The predicted octanol–water partition coefficient (Wildman–Crippen LogP) is 5.03. The molecule has 2 atom stereocenters. The summed E-state index contributed by atoms with van der Waals surface area (Å²) < 4.78 is 22.9. The standard InChI is InChI=1S/C24H42NO6P.H2O/c1-5-6-7-9-13-21-15-12-16-22(18-21)14-10-8-11-17-30-32(28,29)31-23(19-24(26)27)20-25(2,3)4;/h12,15-16,18,23H,5-11,13-14,17,19-20H2,1-4H3,(H-,26,27,28,29);1H2. The van der Waals surface area contributed by atoms with Gasteiger partial charge in [-0.25, -0.2) is 4.57 Å². The highest BCUT2D eigenvalue weighted by atomic mass is 31.2. The van der Waals surface area contributed by atoms with Gasteiger partial charge in [0.05, 0.1) is 34.2 Å². The van der Waals surface area contributed by atoms with Crippen LogP contribution in [0.15, 0.2) is 24.3 Å². The van der Waals surface area contributed by atoms with E-state index in [1.165, 1.54) is 36.8 Å². The zero-order chi connectivity index (χ0) is 24.0. The topological polar surface area (TPSA) is 123 Å². The van der Waals surface area contributed by atoms with Crippen molar-refractivity contribution in [3.63, 3.8) is 0 Å². The van der Waals surface area contributed by atoms with Crippen molar-refractivity contribution in [2.75, 3.05) is 34.3 Å². The molecule has 0 bridgehead atoms. The highest BCUT2D eigenvalue weighted by molar-refractivity contribution is 7.47. The second kappa shape index (κ2) is 16.4. The normalized spacial score (nSPS) is 14.3. The van der Waals surface area contributed by atoms with E-state index >= 15 is 0 Å². The molecular weight excluding hydrogens is 445 g/mol. The monoisotopic (exact) mass is 489 g/mol. The Morgan fingerprint density at radius 2 is 1.61 bits per heavy atom. The SMILES string of the molecule is CCCCCCc1cccc(CCCCCOP(=O)(O)OC(CC(=O)O)C[N+](C)(C)C)c1.[OH-]. The maximum atomic E-state index is 12.2. The van der Waals surface area contributed by atoms with E-state index in [2.05, 4.69) is 31.2 Å². The van der Waals surface area contributed by atoms with Gasteiger partial charge in [-0.2, -0.15) is 0 Å². The Balaban J connectivity index is 0.0000102. The molecular formula is C24H44NO7P. The summed E-state index contributed by atoms with van der Waals surface area (Å²) >= 11 is 0. The molecule has 1 rings (SSSR count). The summed E-state index contributed by atoms with van der Waals surface area (Å²) in [6.07, 6.45) is 8.42. The number of carboxylic acids is 1. The van der Waals surface area contributed by atoms with Gasteiger partial charge < -0.3 is 20.0 Å². The van der Waals surface area contributed by atoms with Gasteiger partial charge in [-0.1, -0.05) is 56.9 Å². The van der Waals surface area contributed by atoms with Crippen molar-refractivity contribution in [2.24, 2.45) is 0 Å². The first-order chi connectivity index (χ1) is 15.0. The van der Waals surface area contributed by atoms with Gasteiger partial charge in [0, 0.05) is 0 Å². The smallest absolute Gasteiger partial charge is 0.472 e. The summed E-state index contributed by atoms with van der Waals surface area (Å²) in [5, 5.41) is 9.03. The van der Waals surface area contributed by atoms with Gasteiger partial charge in [0.25, 0.3) is 0 Å². The molecule has 0 spiro atoms.